The van der Waals surface area contributed by atoms with Gasteiger partial charge in [-0.1, -0.05) is 30.3 Å². The topological polar surface area (TPSA) is 122 Å². The maximum absolute atomic E-state index is 14.2. The molecule has 10 nitrogen and oxygen atoms in total. The summed E-state index contributed by atoms with van der Waals surface area (Å²) in [5.41, 5.74) is 2.00. The van der Waals surface area contributed by atoms with E-state index in [1.165, 1.54) is 7.11 Å². The molecule has 2 N–H and O–H groups in total. The predicted molar refractivity (Wildman–Crippen MR) is 162 cm³/mol. The van der Waals surface area contributed by atoms with Gasteiger partial charge in [0.2, 0.25) is 0 Å². The van der Waals surface area contributed by atoms with Crippen LogP contribution in [0.2, 0.25) is 0 Å². The Balaban J connectivity index is 1.51. The van der Waals surface area contributed by atoms with Crippen molar-refractivity contribution >= 4 is 17.8 Å². The number of ether oxygens (including phenoxy) is 2. The van der Waals surface area contributed by atoms with Crippen molar-refractivity contribution in [2.45, 2.75) is 49.8 Å². The van der Waals surface area contributed by atoms with Crippen molar-refractivity contribution < 1.29 is 34.1 Å². The minimum Gasteiger partial charge on any atom is -0.497 e. The highest BCUT2D eigenvalue weighted by molar-refractivity contribution is 6.00. The summed E-state index contributed by atoms with van der Waals surface area (Å²) in [6.07, 6.45) is 1.51. The molecule has 3 heterocycles. The molecule has 2 fully saturated rings. The van der Waals surface area contributed by atoms with E-state index in [9.17, 15) is 24.6 Å². The second-order valence-corrected chi connectivity index (χ2v) is 12.0. The van der Waals surface area contributed by atoms with Gasteiger partial charge in [-0.2, -0.15) is 0 Å². The highest BCUT2D eigenvalue weighted by Crippen LogP contribution is 2.55. The Labute approximate surface area is 256 Å². The van der Waals surface area contributed by atoms with Gasteiger partial charge >= 0.3 is 5.97 Å². The third-order valence-electron chi connectivity index (χ3n) is 9.57. The highest BCUT2D eigenvalue weighted by Gasteiger charge is 2.64. The van der Waals surface area contributed by atoms with Gasteiger partial charge in [-0.15, -0.1) is 0 Å². The predicted octanol–water partition coefficient (Wildman–Crippen LogP) is 2.65. The largest absolute Gasteiger partial charge is 0.497 e. The molecule has 1 aliphatic carbocycles. The van der Waals surface area contributed by atoms with Crippen molar-refractivity contribution in [3.05, 3.63) is 88.7 Å². The molecule has 0 saturated carbocycles. The number of esters is 1. The van der Waals surface area contributed by atoms with Crippen LogP contribution >= 0.6 is 0 Å². The Morgan fingerprint density at radius 2 is 1.70 bits per heavy atom. The molecule has 10 heteroatoms. The zero-order valence-electron chi connectivity index (χ0n) is 25.1. The van der Waals surface area contributed by atoms with Crippen LogP contribution in [0.4, 0.5) is 0 Å². The first kappa shape index (κ1) is 29.9. The fraction of sp³-hybridized carbons (Fsp3) is 0.441. The van der Waals surface area contributed by atoms with Crippen LogP contribution in [0.15, 0.2) is 60.7 Å². The number of aliphatic hydroxyl groups excluding tert-OH is 2. The van der Waals surface area contributed by atoms with Crippen LogP contribution in [0, 0.1) is 5.92 Å². The standard InChI is InChI=1S/C34H39N3O7/c1-43-26-12-10-22(11-13-26)18-34(33(42)44-2)30-24(19-37(34)31(40)23-8-4-3-5-9-23)16-28-27(30)17-29(36(28)20-25(39)21-38)32(41)35-14-6-7-15-35/h3-5,8-13,17,24-25,30,38-39H,6-7,14-16,18-21H2,1-2H3/t24-,25-,30+,34+/m0/s1. The number of aliphatic hydroxyl groups is 2. The number of aromatic nitrogens is 1. The number of rotatable bonds is 9. The van der Waals surface area contributed by atoms with Crippen molar-refractivity contribution in [3.63, 3.8) is 0 Å². The Morgan fingerprint density at radius 3 is 2.34 bits per heavy atom. The number of fused-ring (bicyclic) bond motifs is 3. The zero-order chi connectivity index (χ0) is 31.0. The normalized spacial score (nSPS) is 22.9. The minimum atomic E-state index is -1.40. The van der Waals surface area contributed by atoms with Gasteiger partial charge in [0, 0.05) is 43.2 Å². The lowest BCUT2D eigenvalue weighted by Crippen LogP contribution is -2.58. The number of likely N-dealkylation sites (tertiary alicyclic amines) is 2. The number of hydrogen-bond acceptors (Lipinski definition) is 7. The lowest BCUT2D eigenvalue weighted by molar-refractivity contribution is -0.153. The minimum absolute atomic E-state index is 0.0521. The van der Waals surface area contributed by atoms with E-state index < -0.39 is 30.1 Å². The molecule has 0 unspecified atom stereocenters. The van der Waals surface area contributed by atoms with Crippen LogP contribution in [0.3, 0.4) is 0 Å². The summed E-state index contributed by atoms with van der Waals surface area (Å²) in [4.78, 5) is 45.7. The average molecular weight is 602 g/mol. The zero-order valence-corrected chi connectivity index (χ0v) is 25.1. The molecule has 2 saturated heterocycles. The summed E-state index contributed by atoms with van der Waals surface area (Å²) in [6.45, 7) is 1.24. The number of methoxy groups -OCH3 is 2. The number of benzene rings is 2. The average Bonchev–Trinajstić information content (AvgIpc) is 3.84. The molecular weight excluding hydrogens is 562 g/mol. The van der Waals surface area contributed by atoms with E-state index in [1.54, 1.807) is 36.3 Å². The third kappa shape index (κ3) is 4.95. The van der Waals surface area contributed by atoms with Crippen molar-refractivity contribution in [3.8, 4) is 5.75 Å². The Bertz CT molecular complexity index is 1530. The Kier molecular flexibility index (Phi) is 8.22. The molecule has 0 bridgehead atoms. The molecule has 232 valence electrons. The molecule has 3 aromatic rings. The Hall–Kier alpha value is -4.15. The number of carbonyl (C=O) groups is 3. The molecule has 0 spiro atoms. The number of carbonyl (C=O) groups excluding carboxylic acids is 3. The highest BCUT2D eigenvalue weighted by atomic mass is 16.5. The summed E-state index contributed by atoms with van der Waals surface area (Å²) in [7, 11) is 2.93. The quantitative estimate of drug-likeness (QED) is 0.362. The molecule has 44 heavy (non-hydrogen) atoms. The van der Waals surface area contributed by atoms with E-state index in [0.29, 0.717) is 43.1 Å². The van der Waals surface area contributed by atoms with Gasteiger partial charge in [0.25, 0.3) is 11.8 Å². The molecule has 2 amide bonds. The molecule has 1 aromatic heterocycles. The molecule has 3 aliphatic rings. The van der Waals surface area contributed by atoms with E-state index >= 15 is 0 Å². The smallest absolute Gasteiger partial charge is 0.332 e. The van der Waals surface area contributed by atoms with Gasteiger partial charge in [0.15, 0.2) is 5.54 Å². The first-order valence-corrected chi connectivity index (χ1v) is 15.2. The van der Waals surface area contributed by atoms with Crippen LogP contribution in [-0.2, 0) is 28.9 Å². The van der Waals surface area contributed by atoms with Crippen LogP contribution < -0.4 is 4.74 Å². The van der Waals surface area contributed by atoms with Crippen molar-refractivity contribution in [1.82, 2.24) is 14.4 Å². The van der Waals surface area contributed by atoms with E-state index in [1.807, 2.05) is 45.9 Å². The Morgan fingerprint density at radius 1 is 1.00 bits per heavy atom. The number of amides is 2. The monoisotopic (exact) mass is 601 g/mol. The van der Waals surface area contributed by atoms with Crippen LogP contribution in [0.1, 0.15) is 56.4 Å². The molecule has 6 rings (SSSR count). The SMILES string of the molecule is COC(=O)[C@@]1(Cc2ccc(OC)cc2)[C@H]2c3cc(C(=O)N4CCCC4)n(C[C@H](O)CO)c3C[C@H]2CN1C(=O)c1ccccc1. The van der Waals surface area contributed by atoms with Gasteiger partial charge < -0.3 is 34.1 Å². The van der Waals surface area contributed by atoms with Crippen LogP contribution in [0.5, 0.6) is 5.75 Å². The summed E-state index contributed by atoms with van der Waals surface area (Å²) in [6, 6.07) is 18.2. The van der Waals surface area contributed by atoms with Gasteiger partial charge in [0.1, 0.15) is 11.4 Å². The van der Waals surface area contributed by atoms with Crippen molar-refractivity contribution in [2.24, 2.45) is 5.92 Å². The van der Waals surface area contributed by atoms with Gasteiger partial charge in [-0.3, -0.25) is 9.59 Å². The lowest BCUT2D eigenvalue weighted by Gasteiger charge is -2.40. The summed E-state index contributed by atoms with van der Waals surface area (Å²) < 4.78 is 12.7. The molecule has 2 aliphatic heterocycles. The second-order valence-electron chi connectivity index (χ2n) is 12.0. The third-order valence-corrected chi connectivity index (χ3v) is 9.57. The van der Waals surface area contributed by atoms with Gasteiger partial charge in [-0.25, -0.2) is 4.79 Å². The molecular formula is C34H39N3O7. The van der Waals surface area contributed by atoms with E-state index in [-0.39, 0.29) is 30.7 Å². The summed E-state index contributed by atoms with van der Waals surface area (Å²) in [5, 5.41) is 20.2. The molecule has 0 radical (unpaired) electrons. The van der Waals surface area contributed by atoms with Crippen LogP contribution in [-0.4, -0.2) is 94.5 Å². The molecule has 4 atom stereocenters. The number of nitrogens with zero attached hydrogens (tertiary/aromatic N) is 3. The maximum Gasteiger partial charge on any atom is 0.332 e. The second kappa shape index (κ2) is 12.1. The summed E-state index contributed by atoms with van der Waals surface area (Å²) >= 11 is 0. The first-order chi connectivity index (χ1) is 21.3. The summed E-state index contributed by atoms with van der Waals surface area (Å²) in [5.74, 6) is -0.823. The number of hydrogen-bond donors (Lipinski definition) is 2. The van der Waals surface area contributed by atoms with Crippen molar-refractivity contribution in [2.75, 3.05) is 40.5 Å². The van der Waals surface area contributed by atoms with Gasteiger partial charge in [-0.05, 0) is 66.6 Å². The maximum atomic E-state index is 14.2. The van der Waals surface area contributed by atoms with E-state index in [2.05, 4.69) is 0 Å². The lowest BCUT2D eigenvalue weighted by atomic mass is 9.75. The first-order valence-electron chi connectivity index (χ1n) is 15.2. The fourth-order valence-corrected chi connectivity index (χ4v) is 7.59. The van der Waals surface area contributed by atoms with Crippen LogP contribution in [0.25, 0.3) is 0 Å². The van der Waals surface area contributed by atoms with Gasteiger partial charge in [0.05, 0.1) is 33.5 Å². The van der Waals surface area contributed by atoms with E-state index in [4.69, 9.17) is 9.47 Å². The molecule has 2 aromatic carbocycles. The van der Waals surface area contributed by atoms with E-state index in [0.717, 1.165) is 29.7 Å². The van der Waals surface area contributed by atoms with Crippen molar-refractivity contribution in [1.29, 1.82) is 0 Å². The fourth-order valence-electron chi connectivity index (χ4n) is 7.59.